The molecule has 28 heavy (non-hydrogen) atoms. The number of rotatable bonds is 4. The third-order valence-corrected chi connectivity index (χ3v) is 6.46. The van der Waals surface area contributed by atoms with Gasteiger partial charge < -0.3 is 14.8 Å². The Kier molecular flexibility index (Phi) is 4.46. The van der Waals surface area contributed by atoms with E-state index >= 15 is 0 Å². The minimum absolute atomic E-state index is 0.171. The molecule has 0 aliphatic carbocycles. The maximum Gasteiger partial charge on any atom is 0.251 e. The smallest absolute Gasteiger partial charge is 0.251 e. The number of carbonyl (C=O) groups is 2. The van der Waals surface area contributed by atoms with E-state index in [1.807, 2.05) is 6.07 Å². The lowest BCUT2D eigenvalue weighted by atomic mass is 10.1. The lowest BCUT2D eigenvalue weighted by Crippen LogP contribution is -2.30. The van der Waals surface area contributed by atoms with Crippen LogP contribution in [0.2, 0.25) is 0 Å². The molecule has 9 heteroatoms. The maximum absolute atomic E-state index is 12.5. The summed E-state index contributed by atoms with van der Waals surface area (Å²) in [4.78, 5) is 24.7. The van der Waals surface area contributed by atoms with Crippen LogP contribution in [0.1, 0.15) is 22.8 Å². The van der Waals surface area contributed by atoms with E-state index in [0.29, 0.717) is 11.5 Å². The zero-order valence-electron chi connectivity index (χ0n) is 15.0. The van der Waals surface area contributed by atoms with Crippen molar-refractivity contribution in [2.24, 2.45) is 5.92 Å². The molecule has 2 heterocycles. The van der Waals surface area contributed by atoms with Crippen LogP contribution in [0.3, 0.4) is 0 Å². The highest BCUT2D eigenvalue weighted by Crippen LogP contribution is 2.32. The molecule has 0 spiro atoms. The molecule has 1 unspecified atom stereocenters. The SMILES string of the molecule is CC1CS(=O)(=O)N(c2cccc(C(=O)NCc3ccc4c(c3)OCO4)c2)C1=O. The Hall–Kier alpha value is -3.07. The Bertz CT molecular complexity index is 1070. The molecule has 2 aromatic carbocycles. The molecule has 2 amide bonds. The van der Waals surface area contributed by atoms with Gasteiger partial charge in [-0.1, -0.05) is 19.1 Å². The standard InChI is InChI=1S/C19H18N2O6S/c1-12-10-28(24,25)21(19(12)23)15-4-2-3-14(8-15)18(22)20-9-13-5-6-16-17(7-13)27-11-26-16/h2-8,12H,9-11H2,1H3,(H,20,22). The van der Waals surface area contributed by atoms with Crippen LogP contribution in [0, 0.1) is 5.92 Å². The summed E-state index contributed by atoms with van der Waals surface area (Å²) in [6.45, 7) is 2.01. The number of benzene rings is 2. The van der Waals surface area contributed by atoms with E-state index in [4.69, 9.17) is 9.47 Å². The van der Waals surface area contributed by atoms with Gasteiger partial charge in [0.2, 0.25) is 22.7 Å². The summed E-state index contributed by atoms with van der Waals surface area (Å²) in [6, 6.07) is 11.4. The number of amides is 2. The van der Waals surface area contributed by atoms with Crippen LogP contribution in [0.4, 0.5) is 5.69 Å². The molecule has 1 fully saturated rings. The van der Waals surface area contributed by atoms with Crippen LogP contribution in [-0.2, 0) is 21.4 Å². The Morgan fingerprint density at radius 2 is 1.96 bits per heavy atom. The number of nitrogens with one attached hydrogen (secondary N) is 1. The summed E-state index contributed by atoms with van der Waals surface area (Å²) in [7, 11) is -3.72. The molecule has 0 aromatic heterocycles. The van der Waals surface area contributed by atoms with Crippen LogP contribution >= 0.6 is 0 Å². The molecule has 2 aromatic rings. The Balaban J connectivity index is 1.50. The van der Waals surface area contributed by atoms with Gasteiger partial charge in [-0.05, 0) is 35.9 Å². The molecule has 0 bridgehead atoms. The fourth-order valence-corrected chi connectivity index (χ4v) is 5.01. The number of nitrogens with zero attached hydrogens (tertiary/aromatic N) is 1. The largest absolute Gasteiger partial charge is 0.454 e. The van der Waals surface area contributed by atoms with Gasteiger partial charge >= 0.3 is 0 Å². The van der Waals surface area contributed by atoms with Crippen molar-refractivity contribution in [2.45, 2.75) is 13.5 Å². The zero-order valence-corrected chi connectivity index (χ0v) is 15.9. The Morgan fingerprint density at radius 1 is 1.18 bits per heavy atom. The van der Waals surface area contributed by atoms with Crippen LogP contribution in [-0.4, -0.2) is 32.8 Å². The Labute approximate surface area is 162 Å². The van der Waals surface area contributed by atoms with E-state index in [2.05, 4.69) is 5.32 Å². The number of hydrogen-bond acceptors (Lipinski definition) is 6. The summed E-state index contributed by atoms with van der Waals surface area (Å²) >= 11 is 0. The van der Waals surface area contributed by atoms with Crippen molar-refractivity contribution in [3.05, 3.63) is 53.6 Å². The molecule has 0 saturated carbocycles. The second-order valence-electron chi connectivity index (χ2n) is 6.70. The number of hydrogen-bond donors (Lipinski definition) is 1. The van der Waals surface area contributed by atoms with Crippen molar-refractivity contribution in [1.29, 1.82) is 0 Å². The first-order valence-corrected chi connectivity index (χ1v) is 10.3. The number of anilines is 1. The van der Waals surface area contributed by atoms with Crippen molar-refractivity contribution in [3.63, 3.8) is 0 Å². The molecular formula is C19H18N2O6S. The van der Waals surface area contributed by atoms with Gasteiger partial charge in [0.25, 0.3) is 5.91 Å². The van der Waals surface area contributed by atoms with Crippen LogP contribution < -0.4 is 19.1 Å². The first kappa shape index (κ1) is 18.3. The van der Waals surface area contributed by atoms with Gasteiger partial charge in [0, 0.05) is 12.1 Å². The molecule has 2 aliphatic rings. The second-order valence-corrected chi connectivity index (χ2v) is 8.57. The lowest BCUT2D eigenvalue weighted by molar-refractivity contribution is -0.119. The normalized spacial score (nSPS) is 19.7. The van der Waals surface area contributed by atoms with Gasteiger partial charge in [0.05, 0.1) is 17.4 Å². The maximum atomic E-state index is 12.5. The summed E-state index contributed by atoms with van der Waals surface area (Å²) < 4.78 is 35.8. The van der Waals surface area contributed by atoms with Crippen molar-refractivity contribution in [1.82, 2.24) is 5.32 Å². The van der Waals surface area contributed by atoms with E-state index in [1.165, 1.54) is 12.1 Å². The number of fused-ring (bicyclic) bond motifs is 1. The van der Waals surface area contributed by atoms with Crippen molar-refractivity contribution in [2.75, 3.05) is 16.9 Å². The monoisotopic (exact) mass is 402 g/mol. The van der Waals surface area contributed by atoms with Gasteiger partial charge in [-0.25, -0.2) is 12.7 Å². The van der Waals surface area contributed by atoms with Gasteiger partial charge in [-0.3, -0.25) is 9.59 Å². The molecule has 4 rings (SSSR count). The highest BCUT2D eigenvalue weighted by atomic mass is 32.2. The molecule has 0 radical (unpaired) electrons. The number of ether oxygens (including phenoxy) is 2. The summed E-state index contributed by atoms with van der Waals surface area (Å²) in [5.41, 5.74) is 1.27. The molecule has 1 saturated heterocycles. The van der Waals surface area contributed by atoms with E-state index in [9.17, 15) is 18.0 Å². The third kappa shape index (κ3) is 3.29. The van der Waals surface area contributed by atoms with E-state index in [1.54, 1.807) is 31.2 Å². The quantitative estimate of drug-likeness (QED) is 0.835. The predicted molar refractivity (Wildman–Crippen MR) is 101 cm³/mol. The fourth-order valence-electron chi connectivity index (χ4n) is 3.20. The molecule has 1 atom stereocenters. The highest BCUT2D eigenvalue weighted by molar-refractivity contribution is 7.94. The van der Waals surface area contributed by atoms with E-state index in [0.717, 1.165) is 9.87 Å². The first-order chi connectivity index (χ1) is 13.3. The van der Waals surface area contributed by atoms with Gasteiger partial charge in [0.1, 0.15) is 0 Å². The topological polar surface area (TPSA) is 102 Å². The lowest BCUT2D eigenvalue weighted by Gasteiger charge is -2.16. The molecule has 2 aliphatic heterocycles. The Morgan fingerprint density at radius 3 is 2.71 bits per heavy atom. The third-order valence-electron chi connectivity index (χ3n) is 4.59. The van der Waals surface area contributed by atoms with Gasteiger partial charge in [-0.15, -0.1) is 0 Å². The molecule has 146 valence electrons. The van der Waals surface area contributed by atoms with Crippen molar-refractivity contribution < 1.29 is 27.5 Å². The number of sulfonamides is 1. The van der Waals surface area contributed by atoms with Crippen LogP contribution in [0.25, 0.3) is 0 Å². The average molecular weight is 402 g/mol. The van der Waals surface area contributed by atoms with Gasteiger partial charge in [0.15, 0.2) is 11.5 Å². The second kappa shape index (κ2) is 6.83. The summed E-state index contributed by atoms with van der Waals surface area (Å²) in [5.74, 6) is -0.413. The molecule has 8 nitrogen and oxygen atoms in total. The zero-order chi connectivity index (χ0) is 19.9. The molecular weight excluding hydrogens is 384 g/mol. The molecule has 1 N–H and O–H groups in total. The van der Waals surface area contributed by atoms with E-state index in [-0.39, 0.29) is 36.2 Å². The predicted octanol–water partition coefficient (Wildman–Crippen LogP) is 1.66. The minimum Gasteiger partial charge on any atom is -0.454 e. The van der Waals surface area contributed by atoms with Crippen molar-refractivity contribution >= 4 is 27.5 Å². The van der Waals surface area contributed by atoms with E-state index < -0.39 is 21.8 Å². The van der Waals surface area contributed by atoms with Crippen LogP contribution in [0.15, 0.2) is 42.5 Å². The minimum atomic E-state index is -3.72. The summed E-state index contributed by atoms with van der Waals surface area (Å²) in [6.07, 6.45) is 0. The highest BCUT2D eigenvalue weighted by Gasteiger charge is 2.42. The fraction of sp³-hybridized carbons (Fsp3) is 0.263. The first-order valence-electron chi connectivity index (χ1n) is 8.69. The number of carbonyl (C=O) groups excluding carboxylic acids is 2. The van der Waals surface area contributed by atoms with Crippen LogP contribution in [0.5, 0.6) is 11.5 Å². The average Bonchev–Trinajstić information content (AvgIpc) is 3.21. The summed E-state index contributed by atoms with van der Waals surface area (Å²) in [5, 5.41) is 2.78. The van der Waals surface area contributed by atoms with Crippen molar-refractivity contribution in [3.8, 4) is 11.5 Å². The van der Waals surface area contributed by atoms with Gasteiger partial charge in [-0.2, -0.15) is 0 Å².